The molecule has 37 heavy (non-hydrogen) atoms. The summed E-state index contributed by atoms with van der Waals surface area (Å²) in [6, 6.07) is 5.99. The monoisotopic (exact) mass is 522 g/mol. The smallest absolute Gasteiger partial charge is 0.334 e. The van der Waals surface area contributed by atoms with Crippen molar-refractivity contribution in [2.45, 2.75) is 62.4 Å². The second-order valence-electron chi connectivity index (χ2n) is 9.73. The maximum absolute atomic E-state index is 12.5. The third kappa shape index (κ3) is 5.95. The standard InChI is InChI=1S/C25H30O12/c1-25(33)8-14-15(9-25)23(34-11-16(14)22(31)32)37-24-21(20(30)19(29)17(10-26)35-24)36-18(28)7-4-12-2-5-13(27)6-3-12/h2-7,11,14-15,17,19-21,23-24,26-27,29-30,33H,8-10H2,1H3,(H,31,32)/b7-4+/t14-,15+,17-,19+,20+,21-,23-,24-,25+/m1/s1. The molecule has 9 atom stereocenters. The molecule has 202 valence electrons. The fraction of sp³-hybridized carbons (Fsp3) is 0.520. The number of aliphatic carboxylic acids is 1. The van der Waals surface area contributed by atoms with Gasteiger partial charge >= 0.3 is 11.9 Å². The van der Waals surface area contributed by atoms with Crippen LogP contribution in [0.1, 0.15) is 25.3 Å². The van der Waals surface area contributed by atoms with E-state index in [9.17, 15) is 40.2 Å². The van der Waals surface area contributed by atoms with Gasteiger partial charge in [-0.3, -0.25) is 0 Å². The van der Waals surface area contributed by atoms with Gasteiger partial charge in [0.05, 0.1) is 24.0 Å². The van der Waals surface area contributed by atoms with Crippen LogP contribution >= 0.6 is 0 Å². The topological polar surface area (TPSA) is 192 Å². The molecule has 0 bridgehead atoms. The molecule has 4 rings (SSSR count). The average Bonchev–Trinajstić information content (AvgIpc) is 3.18. The summed E-state index contributed by atoms with van der Waals surface area (Å²) in [5, 5.41) is 60.1. The fourth-order valence-corrected chi connectivity index (χ4v) is 5.00. The van der Waals surface area contributed by atoms with Gasteiger partial charge in [0, 0.05) is 17.9 Å². The number of hydrogen-bond donors (Lipinski definition) is 6. The predicted molar refractivity (Wildman–Crippen MR) is 123 cm³/mol. The lowest BCUT2D eigenvalue weighted by Gasteiger charge is -2.43. The zero-order valence-corrected chi connectivity index (χ0v) is 19.9. The third-order valence-corrected chi connectivity index (χ3v) is 6.83. The lowest BCUT2D eigenvalue weighted by molar-refractivity contribution is -0.342. The number of aliphatic hydroxyl groups excluding tert-OH is 3. The molecule has 0 unspecified atom stereocenters. The van der Waals surface area contributed by atoms with Crippen LogP contribution in [-0.2, 0) is 28.5 Å². The van der Waals surface area contributed by atoms with Crippen LogP contribution in [0.15, 0.2) is 42.2 Å². The van der Waals surface area contributed by atoms with Crippen LogP contribution in [0.4, 0.5) is 0 Å². The number of carboxylic acid groups (broad SMARTS) is 1. The molecule has 1 aromatic rings. The number of carbonyl (C=O) groups excluding carboxylic acids is 1. The molecule has 1 aliphatic carbocycles. The molecule has 1 saturated heterocycles. The molecule has 12 nitrogen and oxygen atoms in total. The number of esters is 1. The molecule has 2 heterocycles. The number of carboxylic acids is 1. The Morgan fingerprint density at radius 3 is 2.49 bits per heavy atom. The highest BCUT2D eigenvalue weighted by molar-refractivity contribution is 5.87. The van der Waals surface area contributed by atoms with E-state index in [4.69, 9.17) is 18.9 Å². The second-order valence-corrected chi connectivity index (χ2v) is 9.73. The first-order chi connectivity index (χ1) is 17.5. The minimum atomic E-state index is -1.70. The van der Waals surface area contributed by atoms with Crippen LogP contribution in [0.3, 0.4) is 0 Å². The van der Waals surface area contributed by atoms with E-state index >= 15 is 0 Å². The number of hydrogen-bond acceptors (Lipinski definition) is 11. The molecule has 0 amide bonds. The van der Waals surface area contributed by atoms with E-state index in [-0.39, 0.29) is 24.2 Å². The van der Waals surface area contributed by atoms with Gasteiger partial charge in [0.1, 0.15) is 24.1 Å². The number of carbonyl (C=O) groups is 2. The van der Waals surface area contributed by atoms with Gasteiger partial charge < -0.3 is 49.6 Å². The van der Waals surface area contributed by atoms with Crippen molar-refractivity contribution in [2.24, 2.45) is 11.8 Å². The molecule has 0 spiro atoms. The summed E-state index contributed by atoms with van der Waals surface area (Å²) in [6.07, 6.45) is -4.91. The highest BCUT2D eigenvalue weighted by Gasteiger charge is 2.54. The van der Waals surface area contributed by atoms with Crippen LogP contribution in [-0.4, -0.2) is 91.8 Å². The van der Waals surface area contributed by atoms with E-state index in [2.05, 4.69) is 0 Å². The number of fused-ring (bicyclic) bond motifs is 1. The Labute approximate surface area is 212 Å². The summed E-state index contributed by atoms with van der Waals surface area (Å²) in [7, 11) is 0. The van der Waals surface area contributed by atoms with Gasteiger partial charge in [-0.2, -0.15) is 0 Å². The normalized spacial score (nSPS) is 37.5. The number of phenols is 1. The van der Waals surface area contributed by atoms with Crippen molar-refractivity contribution in [3.8, 4) is 5.75 Å². The second kappa shape index (κ2) is 10.8. The van der Waals surface area contributed by atoms with Crippen molar-refractivity contribution < 1.29 is 59.2 Å². The predicted octanol–water partition coefficient (Wildman–Crippen LogP) is -0.125. The first kappa shape index (κ1) is 27.0. The summed E-state index contributed by atoms with van der Waals surface area (Å²) < 4.78 is 22.4. The van der Waals surface area contributed by atoms with Crippen molar-refractivity contribution in [1.29, 1.82) is 0 Å². The summed E-state index contributed by atoms with van der Waals surface area (Å²) in [5.74, 6) is -3.23. The van der Waals surface area contributed by atoms with Crippen LogP contribution in [0.5, 0.6) is 5.75 Å². The van der Waals surface area contributed by atoms with Crippen LogP contribution < -0.4 is 0 Å². The summed E-state index contributed by atoms with van der Waals surface area (Å²) in [5.41, 5.74) is -0.613. The zero-order chi connectivity index (χ0) is 26.9. The van der Waals surface area contributed by atoms with Crippen LogP contribution in [0.2, 0.25) is 0 Å². The van der Waals surface area contributed by atoms with Crippen molar-refractivity contribution in [3.05, 3.63) is 47.7 Å². The minimum absolute atomic E-state index is 0.0155. The van der Waals surface area contributed by atoms with Crippen molar-refractivity contribution >= 4 is 18.0 Å². The average molecular weight is 523 g/mol. The molecular formula is C25H30O12. The Morgan fingerprint density at radius 2 is 1.84 bits per heavy atom. The number of ether oxygens (including phenoxy) is 4. The van der Waals surface area contributed by atoms with E-state index in [1.54, 1.807) is 19.1 Å². The molecule has 2 aliphatic heterocycles. The Balaban J connectivity index is 1.53. The van der Waals surface area contributed by atoms with Gasteiger partial charge in [0.2, 0.25) is 12.6 Å². The number of aliphatic hydroxyl groups is 4. The first-order valence-corrected chi connectivity index (χ1v) is 11.8. The van der Waals surface area contributed by atoms with E-state index in [1.807, 2.05) is 0 Å². The number of phenolic OH excluding ortho intramolecular Hbond substituents is 1. The van der Waals surface area contributed by atoms with Gasteiger partial charge in [0.25, 0.3) is 0 Å². The van der Waals surface area contributed by atoms with E-state index in [0.717, 1.165) is 12.3 Å². The molecule has 1 saturated carbocycles. The van der Waals surface area contributed by atoms with Crippen LogP contribution in [0, 0.1) is 11.8 Å². The third-order valence-electron chi connectivity index (χ3n) is 6.83. The maximum Gasteiger partial charge on any atom is 0.334 e. The highest BCUT2D eigenvalue weighted by Crippen LogP contribution is 2.48. The zero-order valence-electron chi connectivity index (χ0n) is 19.9. The summed E-state index contributed by atoms with van der Waals surface area (Å²) in [4.78, 5) is 24.2. The Bertz CT molecular complexity index is 1050. The highest BCUT2D eigenvalue weighted by atomic mass is 16.8. The lowest BCUT2D eigenvalue weighted by atomic mass is 9.87. The Morgan fingerprint density at radius 1 is 1.14 bits per heavy atom. The molecule has 2 fully saturated rings. The molecule has 0 radical (unpaired) electrons. The molecule has 6 N–H and O–H groups in total. The summed E-state index contributed by atoms with van der Waals surface area (Å²) in [6.45, 7) is 0.904. The van der Waals surface area contributed by atoms with Crippen molar-refractivity contribution in [2.75, 3.05) is 6.61 Å². The molecule has 0 aromatic heterocycles. The summed E-state index contributed by atoms with van der Waals surface area (Å²) >= 11 is 0. The number of aromatic hydroxyl groups is 1. The molecule has 12 heteroatoms. The molecule has 3 aliphatic rings. The van der Waals surface area contributed by atoms with E-state index in [0.29, 0.717) is 5.56 Å². The van der Waals surface area contributed by atoms with E-state index < -0.39 is 73.0 Å². The quantitative estimate of drug-likeness (QED) is 0.206. The number of benzene rings is 1. The van der Waals surface area contributed by atoms with Gasteiger partial charge in [-0.25, -0.2) is 9.59 Å². The Kier molecular flexibility index (Phi) is 7.88. The SMILES string of the molecule is C[C@@]1(O)C[C@@H]2[C@@H](O[C@H]3O[C@H](CO)[C@H](O)[C@H](O)[C@H]3OC(=O)/C=C/c3ccc(O)cc3)OC=C(C(=O)O)[C@@H]2C1. The number of rotatable bonds is 7. The van der Waals surface area contributed by atoms with E-state index in [1.165, 1.54) is 18.2 Å². The fourth-order valence-electron chi connectivity index (χ4n) is 5.00. The van der Waals surface area contributed by atoms with Crippen molar-refractivity contribution in [1.82, 2.24) is 0 Å². The Hall–Kier alpha value is -3.00. The minimum Gasteiger partial charge on any atom is -0.508 e. The molecular weight excluding hydrogens is 492 g/mol. The maximum atomic E-state index is 12.5. The van der Waals surface area contributed by atoms with Gasteiger partial charge in [-0.05, 0) is 43.5 Å². The van der Waals surface area contributed by atoms with Crippen LogP contribution in [0.25, 0.3) is 6.08 Å². The van der Waals surface area contributed by atoms with Gasteiger partial charge in [-0.1, -0.05) is 12.1 Å². The lowest BCUT2D eigenvalue weighted by Crippen LogP contribution is -2.61. The molecule has 1 aromatic carbocycles. The van der Waals surface area contributed by atoms with Crippen molar-refractivity contribution in [3.63, 3.8) is 0 Å². The largest absolute Gasteiger partial charge is 0.508 e. The van der Waals surface area contributed by atoms with Gasteiger partial charge in [-0.15, -0.1) is 0 Å². The first-order valence-electron chi connectivity index (χ1n) is 11.8. The van der Waals surface area contributed by atoms with Gasteiger partial charge in [0.15, 0.2) is 6.10 Å².